The van der Waals surface area contributed by atoms with Crippen LogP contribution in [0.1, 0.15) is 48.6 Å². The van der Waals surface area contributed by atoms with Gasteiger partial charge in [0.15, 0.2) is 0 Å². The first-order valence-corrected chi connectivity index (χ1v) is 11.7. The molecule has 0 radical (unpaired) electrons. The van der Waals surface area contributed by atoms with Gasteiger partial charge in [-0.2, -0.15) is 0 Å². The highest BCUT2D eigenvalue weighted by atomic mass is 35.5. The molecule has 0 aromatic heterocycles. The molecule has 0 saturated heterocycles. The van der Waals surface area contributed by atoms with Crippen molar-refractivity contribution in [3.05, 3.63) is 99.6 Å². The van der Waals surface area contributed by atoms with Crippen LogP contribution >= 0.6 is 11.6 Å². The lowest BCUT2D eigenvalue weighted by molar-refractivity contribution is 0.311. The maximum absolute atomic E-state index is 5.95. The second kappa shape index (κ2) is 11.9. The van der Waals surface area contributed by atoms with E-state index in [0.717, 1.165) is 47.1 Å². The van der Waals surface area contributed by atoms with Crippen LogP contribution in [0.3, 0.4) is 0 Å². The molecule has 172 valence electrons. The van der Waals surface area contributed by atoms with Gasteiger partial charge in [-0.3, -0.25) is 0 Å². The molecular weight excluding hydrogens is 428 g/mol. The van der Waals surface area contributed by atoms with Crippen molar-refractivity contribution in [3.63, 3.8) is 0 Å². The number of rotatable bonds is 8. The molecule has 0 aliphatic carbocycles. The quantitative estimate of drug-likeness (QED) is 0.314. The van der Waals surface area contributed by atoms with Crippen LogP contribution in [-0.2, 0) is 13.1 Å². The van der Waals surface area contributed by atoms with Crippen molar-refractivity contribution >= 4 is 11.6 Å². The molecule has 3 aromatic rings. The monoisotopic (exact) mass is 460 g/mol. The second-order valence-electron chi connectivity index (χ2n) is 9.18. The van der Waals surface area contributed by atoms with Crippen molar-refractivity contribution in [2.45, 2.75) is 46.3 Å². The lowest BCUT2D eigenvalue weighted by Gasteiger charge is -2.20. The Kier molecular flexibility index (Phi) is 8.97. The summed E-state index contributed by atoms with van der Waals surface area (Å²) in [6, 6.07) is 22.3. The molecule has 0 bridgehead atoms. The molecule has 3 nitrogen and oxygen atoms in total. The standard InChI is InChI=1S/C29H33ClN2O/c1-22-19-24(6-5-23-11-14-27(30)15-12-23)13-16-28(22)33-18-17-31-20-25-7-9-26(10-8-25)21-32-29(2,3)4/h7-16,19,31-32H,17-18,20-21H2,1-4H3. The van der Waals surface area contributed by atoms with Gasteiger partial charge in [0.2, 0.25) is 0 Å². The minimum absolute atomic E-state index is 0.129. The summed E-state index contributed by atoms with van der Waals surface area (Å²) >= 11 is 5.92. The summed E-state index contributed by atoms with van der Waals surface area (Å²) in [5.74, 6) is 7.25. The summed E-state index contributed by atoms with van der Waals surface area (Å²) in [4.78, 5) is 0. The summed E-state index contributed by atoms with van der Waals surface area (Å²) in [5, 5.41) is 7.68. The maximum atomic E-state index is 5.95. The van der Waals surface area contributed by atoms with Crippen molar-refractivity contribution in [3.8, 4) is 17.6 Å². The van der Waals surface area contributed by atoms with Crippen LogP contribution in [0.25, 0.3) is 0 Å². The zero-order chi connectivity index (χ0) is 23.7. The fourth-order valence-corrected chi connectivity index (χ4v) is 3.30. The molecule has 33 heavy (non-hydrogen) atoms. The van der Waals surface area contributed by atoms with Crippen molar-refractivity contribution in [2.24, 2.45) is 0 Å². The lowest BCUT2D eigenvalue weighted by atomic mass is 10.1. The maximum Gasteiger partial charge on any atom is 0.122 e. The molecule has 0 fully saturated rings. The molecule has 0 unspecified atom stereocenters. The molecule has 0 saturated carbocycles. The minimum atomic E-state index is 0.129. The molecule has 0 spiro atoms. The average Bonchev–Trinajstić information content (AvgIpc) is 2.78. The molecule has 4 heteroatoms. The fourth-order valence-electron chi connectivity index (χ4n) is 3.17. The van der Waals surface area contributed by atoms with Gasteiger partial charge in [0.05, 0.1) is 0 Å². The van der Waals surface area contributed by atoms with Crippen LogP contribution in [0.5, 0.6) is 5.75 Å². The van der Waals surface area contributed by atoms with Crippen molar-refractivity contribution in [1.82, 2.24) is 10.6 Å². The first-order valence-electron chi connectivity index (χ1n) is 11.3. The smallest absolute Gasteiger partial charge is 0.122 e. The molecule has 3 rings (SSSR count). The molecular formula is C29H33ClN2O. The Morgan fingerprint density at radius 1 is 0.818 bits per heavy atom. The Morgan fingerprint density at radius 3 is 2.06 bits per heavy atom. The third kappa shape index (κ3) is 8.94. The van der Waals surface area contributed by atoms with Crippen LogP contribution in [0.2, 0.25) is 5.02 Å². The van der Waals surface area contributed by atoms with E-state index in [4.69, 9.17) is 16.3 Å². The van der Waals surface area contributed by atoms with E-state index >= 15 is 0 Å². The van der Waals surface area contributed by atoms with Gasteiger partial charge < -0.3 is 15.4 Å². The van der Waals surface area contributed by atoms with E-state index in [1.807, 2.05) is 43.3 Å². The summed E-state index contributed by atoms with van der Waals surface area (Å²) in [6.07, 6.45) is 0. The van der Waals surface area contributed by atoms with E-state index < -0.39 is 0 Å². The molecule has 3 aromatic carbocycles. The molecule has 2 N–H and O–H groups in total. The summed E-state index contributed by atoms with van der Waals surface area (Å²) in [5.41, 5.74) is 5.69. The van der Waals surface area contributed by atoms with Gasteiger partial charge in [-0.1, -0.05) is 47.7 Å². The molecule has 0 aliphatic rings. The molecule has 0 atom stereocenters. The Labute approximate surface area is 203 Å². The van der Waals surface area contributed by atoms with Gasteiger partial charge in [0.1, 0.15) is 12.4 Å². The highest BCUT2D eigenvalue weighted by molar-refractivity contribution is 6.30. The van der Waals surface area contributed by atoms with Crippen LogP contribution in [-0.4, -0.2) is 18.7 Å². The first-order chi connectivity index (χ1) is 15.8. The van der Waals surface area contributed by atoms with Gasteiger partial charge in [-0.05, 0) is 86.8 Å². The lowest BCUT2D eigenvalue weighted by Crippen LogP contribution is -2.35. The summed E-state index contributed by atoms with van der Waals surface area (Å²) in [7, 11) is 0. The highest BCUT2D eigenvalue weighted by Crippen LogP contribution is 2.19. The average molecular weight is 461 g/mol. The van der Waals surface area contributed by atoms with Crippen molar-refractivity contribution in [2.75, 3.05) is 13.2 Å². The van der Waals surface area contributed by atoms with E-state index in [1.54, 1.807) is 0 Å². The van der Waals surface area contributed by atoms with E-state index in [9.17, 15) is 0 Å². The fraction of sp³-hybridized carbons (Fsp3) is 0.310. The Morgan fingerprint density at radius 2 is 1.42 bits per heavy atom. The van der Waals surface area contributed by atoms with E-state index in [-0.39, 0.29) is 5.54 Å². The van der Waals surface area contributed by atoms with Crippen molar-refractivity contribution in [1.29, 1.82) is 0 Å². The predicted molar refractivity (Wildman–Crippen MR) is 139 cm³/mol. The number of hydrogen-bond acceptors (Lipinski definition) is 3. The van der Waals surface area contributed by atoms with Gasteiger partial charge in [-0.25, -0.2) is 0 Å². The van der Waals surface area contributed by atoms with Crippen LogP contribution in [0, 0.1) is 18.8 Å². The topological polar surface area (TPSA) is 33.3 Å². The van der Waals surface area contributed by atoms with Crippen LogP contribution < -0.4 is 15.4 Å². The molecule has 0 amide bonds. The van der Waals surface area contributed by atoms with Gasteiger partial charge in [0, 0.05) is 41.3 Å². The number of halogens is 1. The largest absolute Gasteiger partial charge is 0.492 e. The van der Waals surface area contributed by atoms with Crippen LogP contribution in [0.4, 0.5) is 0 Å². The number of benzene rings is 3. The highest BCUT2D eigenvalue weighted by Gasteiger charge is 2.08. The predicted octanol–water partition coefficient (Wildman–Crippen LogP) is 6.10. The second-order valence-corrected chi connectivity index (χ2v) is 9.62. The molecule has 0 aliphatic heterocycles. The van der Waals surface area contributed by atoms with E-state index in [1.165, 1.54) is 11.1 Å². The zero-order valence-corrected chi connectivity index (χ0v) is 20.7. The van der Waals surface area contributed by atoms with E-state index in [0.29, 0.717) is 6.61 Å². The third-order valence-electron chi connectivity index (χ3n) is 5.08. The first kappa shape index (κ1) is 24.9. The van der Waals surface area contributed by atoms with Crippen molar-refractivity contribution < 1.29 is 4.74 Å². The minimum Gasteiger partial charge on any atom is -0.492 e. The van der Waals surface area contributed by atoms with Gasteiger partial charge in [0.25, 0.3) is 0 Å². The van der Waals surface area contributed by atoms with E-state index in [2.05, 4.69) is 73.6 Å². The van der Waals surface area contributed by atoms with Crippen LogP contribution in [0.15, 0.2) is 66.7 Å². The zero-order valence-electron chi connectivity index (χ0n) is 20.0. The Balaban J connectivity index is 1.40. The number of aryl methyl sites for hydroxylation is 1. The molecule has 0 heterocycles. The normalized spacial score (nSPS) is 11.1. The van der Waals surface area contributed by atoms with Gasteiger partial charge in [-0.15, -0.1) is 0 Å². The summed E-state index contributed by atoms with van der Waals surface area (Å²) in [6.45, 7) is 11.7. The number of hydrogen-bond donors (Lipinski definition) is 2. The Bertz CT molecular complexity index is 1090. The van der Waals surface area contributed by atoms with Gasteiger partial charge >= 0.3 is 0 Å². The number of nitrogens with one attached hydrogen (secondary N) is 2. The third-order valence-corrected chi connectivity index (χ3v) is 5.33. The number of ether oxygens (including phenoxy) is 1. The SMILES string of the molecule is Cc1cc(C#Cc2ccc(Cl)cc2)ccc1OCCNCc1ccc(CNC(C)(C)C)cc1. The Hall–Kier alpha value is -2.77. The summed E-state index contributed by atoms with van der Waals surface area (Å²) < 4.78 is 5.95.